The van der Waals surface area contributed by atoms with Crippen molar-refractivity contribution >= 4 is 0 Å². The SMILES string of the molecule is C1=CC2=CCNC=C2CO1. The number of hydrogen-bond donors (Lipinski definition) is 1. The Morgan fingerprint density at radius 2 is 2.50 bits per heavy atom. The quantitative estimate of drug-likeness (QED) is 0.533. The molecule has 2 heteroatoms. The lowest BCUT2D eigenvalue weighted by atomic mass is 10.0. The van der Waals surface area contributed by atoms with Gasteiger partial charge in [0.05, 0.1) is 6.26 Å². The largest absolute Gasteiger partial charge is 0.496 e. The lowest BCUT2D eigenvalue weighted by molar-refractivity contribution is 0.274. The Labute approximate surface area is 59.9 Å². The van der Waals surface area contributed by atoms with Crippen LogP contribution in [0.2, 0.25) is 0 Å². The molecule has 0 spiro atoms. The molecular formula is C8H9NO. The van der Waals surface area contributed by atoms with Gasteiger partial charge in [0.15, 0.2) is 0 Å². The maximum Gasteiger partial charge on any atom is 0.114 e. The minimum atomic E-state index is 0.704. The van der Waals surface area contributed by atoms with Gasteiger partial charge in [0.1, 0.15) is 6.61 Å². The molecule has 2 nitrogen and oxygen atoms in total. The highest BCUT2D eigenvalue weighted by Crippen LogP contribution is 2.17. The molecule has 0 aromatic carbocycles. The van der Waals surface area contributed by atoms with Crippen LogP contribution in [0.5, 0.6) is 0 Å². The first-order valence-corrected chi connectivity index (χ1v) is 3.38. The van der Waals surface area contributed by atoms with Crippen LogP contribution in [-0.4, -0.2) is 13.2 Å². The Morgan fingerprint density at radius 1 is 1.50 bits per heavy atom. The summed E-state index contributed by atoms with van der Waals surface area (Å²) in [6.07, 6.45) is 7.91. The second-order valence-corrected chi connectivity index (χ2v) is 2.35. The van der Waals surface area contributed by atoms with E-state index in [2.05, 4.69) is 11.4 Å². The van der Waals surface area contributed by atoms with Gasteiger partial charge in [-0.3, -0.25) is 0 Å². The van der Waals surface area contributed by atoms with Crippen LogP contribution >= 0.6 is 0 Å². The molecule has 0 bridgehead atoms. The molecule has 0 aromatic heterocycles. The van der Waals surface area contributed by atoms with Gasteiger partial charge >= 0.3 is 0 Å². The van der Waals surface area contributed by atoms with Gasteiger partial charge in [0.25, 0.3) is 0 Å². The van der Waals surface area contributed by atoms with Gasteiger partial charge in [-0.1, -0.05) is 6.08 Å². The van der Waals surface area contributed by atoms with Crippen LogP contribution in [0, 0.1) is 0 Å². The van der Waals surface area contributed by atoms with Crippen LogP contribution < -0.4 is 5.32 Å². The third-order valence-electron chi connectivity index (χ3n) is 1.67. The van der Waals surface area contributed by atoms with E-state index in [1.165, 1.54) is 11.1 Å². The van der Waals surface area contributed by atoms with Crippen molar-refractivity contribution in [3.8, 4) is 0 Å². The number of ether oxygens (including phenoxy) is 1. The Balaban J connectivity index is 2.33. The molecule has 52 valence electrons. The summed E-state index contributed by atoms with van der Waals surface area (Å²) in [5, 5.41) is 3.13. The smallest absolute Gasteiger partial charge is 0.114 e. The molecule has 0 atom stereocenters. The van der Waals surface area contributed by atoms with Crippen molar-refractivity contribution in [3.05, 3.63) is 35.8 Å². The maximum absolute atomic E-state index is 5.11. The number of dihydropyridines is 1. The lowest BCUT2D eigenvalue weighted by Crippen LogP contribution is -2.16. The molecule has 0 aromatic rings. The average Bonchev–Trinajstić information content (AvgIpc) is 2.05. The van der Waals surface area contributed by atoms with E-state index in [1.54, 1.807) is 6.26 Å². The minimum absolute atomic E-state index is 0.704. The molecule has 0 aliphatic carbocycles. The van der Waals surface area contributed by atoms with Gasteiger partial charge in [0, 0.05) is 18.3 Å². The van der Waals surface area contributed by atoms with Crippen molar-refractivity contribution in [1.29, 1.82) is 0 Å². The first-order chi connectivity index (χ1) is 4.97. The second-order valence-electron chi connectivity index (χ2n) is 2.35. The number of allylic oxidation sites excluding steroid dienone is 1. The number of rotatable bonds is 0. The maximum atomic E-state index is 5.11. The predicted molar refractivity (Wildman–Crippen MR) is 39.3 cm³/mol. The summed E-state index contributed by atoms with van der Waals surface area (Å²) in [5.74, 6) is 0. The van der Waals surface area contributed by atoms with Crippen molar-refractivity contribution in [2.45, 2.75) is 0 Å². The average molecular weight is 135 g/mol. The third kappa shape index (κ3) is 0.817. The minimum Gasteiger partial charge on any atom is -0.496 e. The Kier molecular flexibility index (Phi) is 1.24. The number of nitrogens with one attached hydrogen (secondary N) is 1. The van der Waals surface area contributed by atoms with E-state index in [1.807, 2.05) is 12.3 Å². The van der Waals surface area contributed by atoms with E-state index in [0.29, 0.717) is 6.61 Å². The highest BCUT2D eigenvalue weighted by atomic mass is 16.5. The van der Waals surface area contributed by atoms with Crippen molar-refractivity contribution < 1.29 is 4.74 Å². The summed E-state index contributed by atoms with van der Waals surface area (Å²) >= 11 is 0. The van der Waals surface area contributed by atoms with Gasteiger partial charge in [0.2, 0.25) is 0 Å². The van der Waals surface area contributed by atoms with E-state index < -0.39 is 0 Å². The van der Waals surface area contributed by atoms with E-state index in [-0.39, 0.29) is 0 Å². The lowest BCUT2D eigenvalue weighted by Gasteiger charge is -2.17. The van der Waals surface area contributed by atoms with E-state index in [0.717, 1.165) is 6.54 Å². The third-order valence-corrected chi connectivity index (χ3v) is 1.67. The summed E-state index contributed by atoms with van der Waals surface area (Å²) in [6, 6.07) is 0. The van der Waals surface area contributed by atoms with E-state index in [4.69, 9.17) is 4.74 Å². The monoisotopic (exact) mass is 135 g/mol. The van der Waals surface area contributed by atoms with Gasteiger partial charge in [-0.05, 0) is 11.6 Å². The van der Waals surface area contributed by atoms with Crippen molar-refractivity contribution in [2.75, 3.05) is 13.2 Å². The van der Waals surface area contributed by atoms with Crippen molar-refractivity contribution in [3.63, 3.8) is 0 Å². The zero-order chi connectivity index (χ0) is 6.81. The molecule has 0 saturated carbocycles. The van der Waals surface area contributed by atoms with E-state index >= 15 is 0 Å². The Morgan fingerprint density at radius 3 is 3.40 bits per heavy atom. The molecular weight excluding hydrogens is 126 g/mol. The molecule has 2 aliphatic heterocycles. The summed E-state index contributed by atoms with van der Waals surface area (Å²) < 4.78 is 5.11. The molecule has 10 heavy (non-hydrogen) atoms. The molecule has 0 saturated heterocycles. The second kappa shape index (κ2) is 2.21. The Bertz CT molecular complexity index is 225. The van der Waals surface area contributed by atoms with Crippen LogP contribution in [0.25, 0.3) is 0 Å². The van der Waals surface area contributed by atoms with Crippen LogP contribution in [0.1, 0.15) is 0 Å². The molecule has 0 unspecified atom stereocenters. The molecule has 0 amide bonds. The highest BCUT2D eigenvalue weighted by Gasteiger charge is 2.08. The van der Waals surface area contributed by atoms with Crippen LogP contribution in [0.4, 0.5) is 0 Å². The van der Waals surface area contributed by atoms with Gasteiger partial charge in [-0.25, -0.2) is 0 Å². The van der Waals surface area contributed by atoms with E-state index in [9.17, 15) is 0 Å². The zero-order valence-electron chi connectivity index (χ0n) is 5.63. The molecule has 0 fully saturated rings. The van der Waals surface area contributed by atoms with Crippen molar-refractivity contribution in [1.82, 2.24) is 5.32 Å². The molecule has 2 aliphatic rings. The topological polar surface area (TPSA) is 21.3 Å². The fraction of sp³-hybridized carbons (Fsp3) is 0.250. The molecule has 0 radical (unpaired) electrons. The Hall–Kier alpha value is -1.18. The normalized spacial score (nSPS) is 21.6. The fourth-order valence-electron chi connectivity index (χ4n) is 1.12. The predicted octanol–water partition coefficient (Wildman–Crippen LogP) is 0.944. The first-order valence-electron chi connectivity index (χ1n) is 3.38. The summed E-state index contributed by atoms with van der Waals surface area (Å²) in [5.41, 5.74) is 2.54. The molecule has 1 N–H and O–H groups in total. The van der Waals surface area contributed by atoms with Gasteiger partial charge in [-0.2, -0.15) is 0 Å². The zero-order valence-corrected chi connectivity index (χ0v) is 5.63. The molecule has 2 rings (SSSR count). The first kappa shape index (κ1) is 5.59. The highest BCUT2D eigenvalue weighted by molar-refractivity contribution is 5.43. The van der Waals surface area contributed by atoms with Crippen LogP contribution in [0.15, 0.2) is 35.8 Å². The molecule has 2 heterocycles. The summed E-state index contributed by atoms with van der Waals surface area (Å²) in [4.78, 5) is 0. The van der Waals surface area contributed by atoms with Crippen LogP contribution in [0.3, 0.4) is 0 Å². The standard InChI is InChI=1S/C8H9NO/c1-3-9-5-8-6-10-4-2-7(1)8/h1-2,4-5,9H,3,6H2. The van der Waals surface area contributed by atoms with Crippen molar-refractivity contribution in [2.24, 2.45) is 0 Å². The van der Waals surface area contributed by atoms with Crippen LogP contribution in [-0.2, 0) is 4.74 Å². The van der Waals surface area contributed by atoms with Gasteiger partial charge < -0.3 is 10.1 Å². The van der Waals surface area contributed by atoms with Gasteiger partial charge in [-0.15, -0.1) is 0 Å². The fourth-order valence-corrected chi connectivity index (χ4v) is 1.12. The number of fused-ring (bicyclic) bond motifs is 1. The summed E-state index contributed by atoms with van der Waals surface area (Å²) in [7, 11) is 0. The number of hydrogen-bond acceptors (Lipinski definition) is 2. The summed E-state index contributed by atoms with van der Waals surface area (Å²) in [6.45, 7) is 1.64.